The van der Waals surface area contributed by atoms with Gasteiger partial charge in [-0.2, -0.15) is 0 Å². The van der Waals surface area contributed by atoms with E-state index >= 15 is 0 Å². The van der Waals surface area contributed by atoms with Crippen LogP contribution in [0.25, 0.3) is 0 Å². The molecule has 4 N–H and O–H groups in total. The zero-order valence-corrected chi connectivity index (χ0v) is 17.9. The number of nitrogens with two attached hydrogens (primary N) is 1. The molecule has 30 heavy (non-hydrogen) atoms. The van der Waals surface area contributed by atoms with Crippen LogP contribution in [0.2, 0.25) is 0 Å². The van der Waals surface area contributed by atoms with E-state index in [4.69, 9.17) is 20.8 Å². The Morgan fingerprint density at radius 3 is 2.57 bits per heavy atom. The largest absolute Gasteiger partial charge is 0.479 e. The third-order valence-corrected chi connectivity index (χ3v) is 5.64. The van der Waals surface area contributed by atoms with E-state index in [9.17, 15) is 19.2 Å². The molecular formula is C16H20N4O8S2. The summed E-state index contributed by atoms with van der Waals surface area (Å²) < 4.78 is 0. The lowest BCUT2D eigenvalue weighted by molar-refractivity contribution is -0.272. The lowest BCUT2D eigenvalue weighted by Gasteiger charge is -2.52. The van der Waals surface area contributed by atoms with E-state index in [2.05, 4.69) is 15.0 Å². The minimum Gasteiger partial charge on any atom is -0.479 e. The molecule has 14 heteroatoms. The molecule has 1 saturated heterocycles. The standard InChI is InChI=1S/C16H20N4O8S2/c1-16(2)7(12(24)20(16)28-14(29-3)13(25)26)4-9(21)11(19-27-5-10(22)23)8-6-30-15(17)18-8/h6-7,14H,4-5H2,1-3H3,(H2,17,18)(H,22,23)(H,25,26)/b19-11-/t7-,14?/m1/s1. The number of amides is 1. The second-order valence-electron chi connectivity index (χ2n) is 6.66. The van der Waals surface area contributed by atoms with Crippen molar-refractivity contribution in [1.29, 1.82) is 0 Å². The Bertz CT molecular complexity index is 884. The number of thioether (sulfide) groups is 1. The molecular weight excluding hydrogens is 440 g/mol. The van der Waals surface area contributed by atoms with E-state index in [0.717, 1.165) is 28.2 Å². The van der Waals surface area contributed by atoms with Crippen molar-refractivity contribution in [2.75, 3.05) is 18.6 Å². The third kappa shape index (κ3) is 5.06. The van der Waals surface area contributed by atoms with E-state index < -0.39 is 47.1 Å². The summed E-state index contributed by atoms with van der Waals surface area (Å²) in [4.78, 5) is 61.0. The van der Waals surface area contributed by atoms with Gasteiger partial charge in [0, 0.05) is 11.8 Å². The Morgan fingerprint density at radius 1 is 1.43 bits per heavy atom. The maximum Gasteiger partial charge on any atom is 0.346 e. The van der Waals surface area contributed by atoms with Crippen molar-refractivity contribution in [3.63, 3.8) is 0 Å². The highest BCUT2D eigenvalue weighted by molar-refractivity contribution is 7.99. The summed E-state index contributed by atoms with van der Waals surface area (Å²) in [7, 11) is 0. The molecule has 0 spiro atoms. The van der Waals surface area contributed by atoms with Gasteiger partial charge in [-0.1, -0.05) is 5.16 Å². The zero-order chi connectivity index (χ0) is 22.6. The Labute approximate surface area is 179 Å². The quantitative estimate of drug-likeness (QED) is 0.180. The average molecular weight is 460 g/mol. The summed E-state index contributed by atoms with van der Waals surface area (Å²) in [6.07, 6.45) is 1.23. The summed E-state index contributed by atoms with van der Waals surface area (Å²) in [6.45, 7) is 2.49. The summed E-state index contributed by atoms with van der Waals surface area (Å²) in [5, 5.41) is 23.9. The molecule has 0 bridgehead atoms. The van der Waals surface area contributed by atoms with Gasteiger partial charge < -0.3 is 20.8 Å². The van der Waals surface area contributed by atoms with E-state index in [1.165, 1.54) is 11.6 Å². The van der Waals surface area contributed by atoms with Gasteiger partial charge in [-0.15, -0.1) is 23.1 Å². The molecule has 1 aliphatic rings. The van der Waals surface area contributed by atoms with Gasteiger partial charge in [-0.05, 0) is 20.1 Å². The Hall–Kier alpha value is -2.71. The van der Waals surface area contributed by atoms with Crippen molar-refractivity contribution < 1.29 is 39.1 Å². The van der Waals surface area contributed by atoms with Crippen LogP contribution in [0.1, 0.15) is 26.0 Å². The van der Waals surface area contributed by atoms with E-state index in [-0.39, 0.29) is 23.0 Å². The molecule has 1 aliphatic heterocycles. The number of hydrogen-bond donors (Lipinski definition) is 3. The summed E-state index contributed by atoms with van der Waals surface area (Å²) in [5.41, 5.74) is 3.17. The van der Waals surface area contributed by atoms with Gasteiger partial charge in [0.1, 0.15) is 5.69 Å². The first-order valence-corrected chi connectivity index (χ1v) is 10.6. The second-order valence-corrected chi connectivity index (χ2v) is 8.44. The lowest BCUT2D eigenvalue weighted by atomic mass is 9.74. The molecule has 164 valence electrons. The normalized spacial score (nSPS) is 19.2. The number of rotatable bonds is 11. The number of thiazole rings is 1. The average Bonchev–Trinajstić information content (AvgIpc) is 3.08. The summed E-state index contributed by atoms with van der Waals surface area (Å²) in [6, 6.07) is 0. The number of carboxylic acid groups (broad SMARTS) is 2. The van der Waals surface area contributed by atoms with Gasteiger partial charge in [0.15, 0.2) is 16.6 Å². The number of ketones is 1. The van der Waals surface area contributed by atoms with Gasteiger partial charge in [0.25, 0.3) is 5.91 Å². The Morgan fingerprint density at radius 2 is 2.10 bits per heavy atom. The molecule has 2 rings (SSSR count). The van der Waals surface area contributed by atoms with Crippen LogP contribution in [-0.4, -0.2) is 73.4 Å². The number of β-lactam (4-membered cyclic amide) rings is 1. The topological polar surface area (TPSA) is 182 Å². The van der Waals surface area contributed by atoms with Crippen LogP contribution in [0.4, 0.5) is 5.13 Å². The van der Waals surface area contributed by atoms with Gasteiger partial charge >= 0.3 is 11.9 Å². The number of hydrogen-bond acceptors (Lipinski definition) is 11. The molecule has 0 saturated carbocycles. The number of aliphatic carboxylic acids is 2. The van der Waals surface area contributed by atoms with Crippen molar-refractivity contribution in [2.45, 2.75) is 31.2 Å². The number of nitrogens with zero attached hydrogens (tertiary/aromatic N) is 3. The number of carbonyl (C=O) groups excluding carboxylic acids is 2. The second kappa shape index (κ2) is 9.40. The maximum atomic E-state index is 12.8. The maximum absolute atomic E-state index is 12.8. The fraction of sp³-hybridized carbons (Fsp3) is 0.500. The SMILES string of the molecule is CSC(ON1C(=O)[C@@H](CC(=O)/C(=N\OCC(=O)O)c2csc(N)n2)C1(C)C)C(=O)O. The summed E-state index contributed by atoms with van der Waals surface area (Å²) >= 11 is 1.95. The molecule has 2 heterocycles. The van der Waals surface area contributed by atoms with Crippen LogP contribution in [0.15, 0.2) is 10.5 Å². The first kappa shape index (κ1) is 23.6. The first-order chi connectivity index (χ1) is 14.0. The number of carboxylic acids is 2. The number of hydroxylamine groups is 2. The van der Waals surface area contributed by atoms with E-state index in [1.807, 2.05) is 0 Å². The predicted octanol–water partition coefficient (Wildman–Crippen LogP) is 0.432. The molecule has 1 fully saturated rings. The summed E-state index contributed by atoms with van der Waals surface area (Å²) in [5.74, 6) is -4.51. The molecule has 1 aromatic heterocycles. The molecule has 1 unspecified atom stereocenters. The van der Waals surface area contributed by atoms with Crippen molar-refractivity contribution >= 4 is 57.6 Å². The fourth-order valence-electron chi connectivity index (χ4n) is 2.68. The third-order valence-electron chi connectivity index (χ3n) is 4.25. The van der Waals surface area contributed by atoms with Crippen molar-refractivity contribution in [3.05, 3.63) is 11.1 Å². The zero-order valence-electron chi connectivity index (χ0n) is 16.2. The predicted molar refractivity (Wildman–Crippen MR) is 107 cm³/mol. The number of anilines is 1. The highest BCUT2D eigenvalue weighted by Crippen LogP contribution is 2.41. The molecule has 0 aromatic carbocycles. The number of carbonyl (C=O) groups is 4. The highest BCUT2D eigenvalue weighted by atomic mass is 32.2. The minimum atomic E-state index is -1.28. The fourth-order valence-corrected chi connectivity index (χ4v) is 3.61. The number of Topliss-reactive ketones (excluding diaryl/α,β-unsaturated/α-hetero) is 1. The van der Waals surface area contributed by atoms with Crippen LogP contribution in [-0.2, 0) is 28.9 Å². The lowest BCUT2D eigenvalue weighted by Crippen LogP contribution is -2.68. The van der Waals surface area contributed by atoms with Crippen molar-refractivity contribution in [1.82, 2.24) is 10.0 Å². The van der Waals surface area contributed by atoms with E-state index in [0.29, 0.717) is 0 Å². The first-order valence-electron chi connectivity index (χ1n) is 8.41. The van der Waals surface area contributed by atoms with Crippen LogP contribution >= 0.6 is 23.1 Å². The van der Waals surface area contributed by atoms with Gasteiger partial charge in [0.2, 0.25) is 12.0 Å². The molecule has 12 nitrogen and oxygen atoms in total. The van der Waals surface area contributed by atoms with Crippen LogP contribution in [0.3, 0.4) is 0 Å². The van der Waals surface area contributed by atoms with Crippen LogP contribution in [0.5, 0.6) is 0 Å². The van der Waals surface area contributed by atoms with Crippen molar-refractivity contribution in [3.8, 4) is 0 Å². The Kier molecular flexibility index (Phi) is 7.39. The smallest absolute Gasteiger partial charge is 0.346 e. The molecule has 0 aliphatic carbocycles. The Balaban J connectivity index is 2.16. The highest BCUT2D eigenvalue weighted by Gasteiger charge is 2.57. The monoisotopic (exact) mass is 460 g/mol. The molecule has 2 atom stereocenters. The molecule has 1 aromatic rings. The van der Waals surface area contributed by atoms with Crippen molar-refractivity contribution in [2.24, 2.45) is 11.1 Å². The number of oxime groups is 1. The van der Waals surface area contributed by atoms with Crippen LogP contribution < -0.4 is 5.73 Å². The molecule has 0 radical (unpaired) electrons. The van der Waals surface area contributed by atoms with Gasteiger partial charge in [-0.25, -0.2) is 24.5 Å². The van der Waals surface area contributed by atoms with E-state index in [1.54, 1.807) is 13.8 Å². The number of aromatic nitrogens is 1. The number of nitrogen functional groups attached to an aromatic ring is 1. The molecule has 1 amide bonds. The van der Waals surface area contributed by atoms with Gasteiger partial charge in [0.05, 0.1) is 11.5 Å². The van der Waals surface area contributed by atoms with Crippen LogP contribution in [0, 0.1) is 5.92 Å². The minimum absolute atomic E-state index is 0.0962. The van der Waals surface area contributed by atoms with Gasteiger partial charge in [-0.3, -0.25) is 9.59 Å².